The molecule has 1 unspecified atom stereocenters. The normalized spacial score (nSPS) is 17.3. The van der Waals surface area contributed by atoms with Gasteiger partial charge in [-0.1, -0.05) is 18.1 Å². The van der Waals surface area contributed by atoms with Gasteiger partial charge in [-0.25, -0.2) is 4.79 Å². The van der Waals surface area contributed by atoms with Crippen LogP contribution in [0.15, 0.2) is 36.4 Å². The van der Waals surface area contributed by atoms with Crippen LogP contribution in [0.4, 0.5) is 5.69 Å². The van der Waals surface area contributed by atoms with Gasteiger partial charge in [0, 0.05) is 23.2 Å². The Hall–Kier alpha value is -2.21. The van der Waals surface area contributed by atoms with Crippen molar-refractivity contribution in [3.05, 3.63) is 42.0 Å². The predicted octanol–water partition coefficient (Wildman–Crippen LogP) is 2.25. The molecule has 86 valence electrons. The smallest absolute Gasteiger partial charge is 0.382 e. The van der Waals surface area contributed by atoms with Gasteiger partial charge in [0.15, 0.2) is 0 Å². The Morgan fingerprint density at radius 3 is 2.71 bits per heavy atom. The van der Waals surface area contributed by atoms with Gasteiger partial charge >= 0.3 is 5.97 Å². The number of allylic oxidation sites excluding steroid dienone is 1. The van der Waals surface area contributed by atoms with Crippen molar-refractivity contribution in [2.24, 2.45) is 0 Å². The highest BCUT2D eigenvalue weighted by atomic mass is 16.4. The summed E-state index contributed by atoms with van der Waals surface area (Å²) in [7, 11) is 0. The van der Waals surface area contributed by atoms with Crippen LogP contribution in [0.5, 0.6) is 0 Å². The first-order chi connectivity index (χ1) is 8.24. The van der Waals surface area contributed by atoms with Crippen LogP contribution in [-0.4, -0.2) is 17.1 Å². The zero-order valence-corrected chi connectivity index (χ0v) is 9.31. The third-order valence-electron chi connectivity index (χ3n) is 2.56. The number of anilines is 1. The van der Waals surface area contributed by atoms with E-state index in [9.17, 15) is 4.79 Å². The molecule has 0 bridgehead atoms. The van der Waals surface area contributed by atoms with Crippen molar-refractivity contribution in [2.75, 3.05) is 5.32 Å². The van der Waals surface area contributed by atoms with E-state index in [1.165, 1.54) is 0 Å². The van der Waals surface area contributed by atoms with Crippen LogP contribution in [0.2, 0.25) is 0 Å². The Morgan fingerprint density at radius 1 is 1.35 bits per heavy atom. The first kappa shape index (κ1) is 11.3. The van der Waals surface area contributed by atoms with Gasteiger partial charge in [0.2, 0.25) is 0 Å². The number of hydrogen-bond donors (Lipinski definition) is 2. The number of rotatable bonds is 2. The Bertz CT molecular complexity index is 491. The molecule has 0 saturated heterocycles. The zero-order chi connectivity index (χ0) is 12.1. The van der Waals surface area contributed by atoms with E-state index in [0.29, 0.717) is 11.6 Å². The van der Waals surface area contributed by atoms with Crippen LogP contribution in [0.25, 0.3) is 0 Å². The summed E-state index contributed by atoms with van der Waals surface area (Å²) in [5, 5.41) is 11.8. The Kier molecular flexibility index (Phi) is 3.46. The van der Waals surface area contributed by atoms with Crippen molar-refractivity contribution in [1.29, 1.82) is 0 Å². The number of aliphatic carboxylic acids is 1. The minimum Gasteiger partial charge on any atom is -0.472 e. The summed E-state index contributed by atoms with van der Waals surface area (Å²) >= 11 is 0. The zero-order valence-electron chi connectivity index (χ0n) is 9.31. The van der Waals surface area contributed by atoms with Gasteiger partial charge in [0.1, 0.15) is 0 Å². The topological polar surface area (TPSA) is 49.3 Å². The number of carboxylic acids is 1. The van der Waals surface area contributed by atoms with Crippen LogP contribution in [-0.2, 0) is 4.79 Å². The van der Waals surface area contributed by atoms with Gasteiger partial charge in [-0.15, -0.1) is 0 Å². The molecule has 0 heterocycles. The van der Waals surface area contributed by atoms with Crippen molar-refractivity contribution in [3.8, 4) is 11.8 Å². The van der Waals surface area contributed by atoms with Crippen molar-refractivity contribution in [1.82, 2.24) is 0 Å². The minimum atomic E-state index is -1.11. The lowest BCUT2D eigenvalue weighted by molar-refractivity contribution is -0.130. The molecule has 0 radical (unpaired) electrons. The Balaban J connectivity index is 2.00. The van der Waals surface area contributed by atoms with Crippen molar-refractivity contribution >= 4 is 11.7 Å². The van der Waals surface area contributed by atoms with Gasteiger partial charge in [0.05, 0.1) is 0 Å². The lowest BCUT2D eigenvalue weighted by atomic mass is 10.2. The summed E-state index contributed by atoms with van der Waals surface area (Å²) in [5.41, 5.74) is 1.74. The third-order valence-corrected chi connectivity index (χ3v) is 2.56. The summed E-state index contributed by atoms with van der Waals surface area (Å²) in [4.78, 5) is 10.3. The lowest BCUT2D eigenvalue weighted by Crippen LogP contribution is -2.13. The summed E-state index contributed by atoms with van der Waals surface area (Å²) < 4.78 is 0. The highest BCUT2D eigenvalue weighted by molar-refractivity contribution is 5.87. The van der Waals surface area contributed by atoms with Crippen molar-refractivity contribution < 1.29 is 9.90 Å². The van der Waals surface area contributed by atoms with Crippen LogP contribution >= 0.6 is 0 Å². The average molecular weight is 227 g/mol. The van der Waals surface area contributed by atoms with Gasteiger partial charge in [0.25, 0.3) is 0 Å². The van der Waals surface area contributed by atoms with Crippen molar-refractivity contribution in [2.45, 2.75) is 18.9 Å². The minimum absolute atomic E-state index is 0.408. The number of benzene rings is 1. The molecule has 3 heteroatoms. The molecule has 17 heavy (non-hydrogen) atoms. The maximum Gasteiger partial charge on any atom is 0.382 e. The summed E-state index contributed by atoms with van der Waals surface area (Å²) in [6, 6.07) is 7.87. The molecular formula is C14H13NO2. The molecule has 2 rings (SSSR count). The van der Waals surface area contributed by atoms with E-state index >= 15 is 0 Å². The van der Waals surface area contributed by atoms with E-state index in [4.69, 9.17) is 5.11 Å². The Morgan fingerprint density at radius 2 is 2.12 bits per heavy atom. The van der Waals surface area contributed by atoms with E-state index in [-0.39, 0.29) is 0 Å². The molecule has 1 atom stereocenters. The SMILES string of the molecule is O=C(O)C#Cc1ccc(NC2C=CCC2)cc1. The standard InChI is InChI=1S/C14H13NO2/c16-14(17)10-7-11-5-8-13(9-6-11)15-12-3-1-2-4-12/h1,3,5-6,8-9,12,15H,2,4H2,(H,16,17). The molecule has 0 aliphatic heterocycles. The second-order valence-electron chi connectivity index (χ2n) is 3.89. The molecule has 1 aromatic carbocycles. The van der Waals surface area contributed by atoms with Crippen LogP contribution < -0.4 is 5.32 Å². The fourth-order valence-electron chi connectivity index (χ4n) is 1.74. The van der Waals surface area contributed by atoms with E-state index in [2.05, 4.69) is 29.3 Å². The molecule has 1 aliphatic carbocycles. The van der Waals surface area contributed by atoms with Crippen molar-refractivity contribution in [3.63, 3.8) is 0 Å². The van der Waals surface area contributed by atoms with Gasteiger partial charge < -0.3 is 10.4 Å². The second-order valence-corrected chi connectivity index (χ2v) is 3.89. The van der Waals surface area contributed by atoms with E-state index in [0.717, 1.165) is 18.5 Å². The molecule has 0 saturated carbocycles. The fraction of sp³-hybridized carbons (Fsp3) is 0.214. The summed E-state index contributed by atoms with van der Waals surface area (Å²) in [6.45, 7) is 0. The van der Waals surface area contributed by atoms with E-state index in [1.807, 2.05) is 24.3 Å². The molecule has 0 amide bonds. The van der Waals surface area contributed by atoms with Gasteiger partial charge in [-0.2, -0.15) is 0 Å². The molecule has 1 aromatic rings. The molecular weight excluding hydrogens is 214 g/mol. The maximum absolute atomic E-state index is 10.3. The average Bonchev–Trinajstić information content (AvgIpc) is 2.81. The number of carbonyl (C=O) groups is 1. The summed E-state index contributed by atoms with van der Waals surface area (Å²) in [6.07, 6.45) is 6.59. The molecule has 0 spiro atoms. The predicted molar refractivity (Wildman–Crippen MR) is 66.7 cm³/mol. The molecule has 3 nitrogen and oxygen atoms in total. The number of carboxylic acid groups (broad SMARTS) is 1. The second kappa shape index (κ2) is 5.22. The van der Waals surface area contributed by atoms with E-state index in [1.54, 1.807) is 0 Å². The highest BCUT2D eigenvalue weighted by Gasteiger charge is 2.07. The third kappa shape index (κ3) is 3.39. The summed E-state index contributed by atoms with van der Waals surface area (Å²) in [5.74, 6) is 3.56. The lowest BCUT2D eigenvalue weighted by Gasteiger charge is -2.11. The van der Waals surface area contributed by atoms with Crippen LogP contribution in [0.1, 0.15) is 18.4 Å². The van der Waals surface area contributed by atoms with Gasteiger partial charge in [-0.3, -0.25) is 0 Å². The molecule has 0 aromatic heterocycles. The Labute approximate surface area is 100 Å². The molecule has 1 aliphatic rings. The molecule has 2 N–H and O–H groups in total. The maximum atomic E-state index is 10.3. The number of nitrogens with one attached hydrogen (secondary N) is 1. The highest BCUT2D eigenvalue weighted by Crippen LogP contribution is 2.16. The largest absolute Gasteiger partial charge is 0.472 e. The quantitative estimate of drug-likeness (QED) is 0.602. The number of hydrogen-bond acceptors (Lipinski definition) is 2. The molecule has 0 fully saturated rings. The van der Waals surface area contributed by atoms with Crippen LogP contribution in [0, 0.1) is 11.8 Å². The van der Waals surface area contributed by atoms with Gasteiger partial charge in [-0.05, 0) is 37.1 Å². The monoisotopic (exact) mass is 227 g/mol. The van der Waals surface area contributed by atoms with E-state index < -0.39 is 5.97 Å². The first-order valence-corrected chi connectivity index (χ1v) is 5.52. The first-order valence-electron chi connectivity index (χ1n) is 5.52. The fourth-order valence-corrected chi connectivity index (χ4v) is 1.74. The van der Waals surface area contributed by atoms with Crippen LogP contribution in [0.3, 0.4) is 0 Å².